The van der Waals surface area contributed by atoms with E-state index in [4.69, 9.17) is 4.52 Å². The third-order valence-corrected chi connectivity index (χ3v) is 4.64. The number of halogens is 1. The zero-order valence-electron chi connectivity index (χ0n) is 16.4. The Hall–Kier alpha value is -3.81. The number of nitrogens with one attached hydrogen (secondary N) is 1. The van der Waals surface area contributed by atoms with E-state index in [2.05, 4.69) is 15.5 Å². The smallest absolute Gasteiger partial charge is 0.258 e. The maximum atomic E-state index is 13.0. The molecule has 8 heteroatoms. The molecule has 0 fully saturated rings. The summed E-state index contributed by atoms with van der Waals surface area (Å²) in [5.41, 5.74) is 1.16. The molecule has 7 nitrogen and oxygen atoms in total. The number of aromatic nitrogens is 3. The number of carbonyl (C=O) groups is 1. The second kappa shape index (κ2) is 7.90. The predicted octanol–water partition coefficient (Wildman–Crippen LogP) is 3.95. The van der Waals surface area contributed by atoms with Gasteiger partial charge >= 0.3 is 0 Å². The summed E-state index contributed by atoms with van der Waals surface area (Å²) in [6, 6.07) is 14.0. The number of amides is 1. The van der Waals surface area contributed by atoms with E-state index in [0.717, 1.165) is 0 Å². The molecule has 0 saturated carbocycles. The number of nitrogens with zero attached hydrogens (tertiary/aromatic N) is 3. The van der Waals surface area contributed by atoms with Gasteiger partial charge in [-0.15, -0.1) is 0 Å². The van der Waals surface area contributed by atoms with Gasteiger partial charge in [0.15, 0.2) is 5.82 Å². The van der Waals surface area contributed by atoms with Crippen LogP contribution >= 0.6 is 0 Å². The summed E-state index contributed by atoms with van der Waals surface area (Å²) in [6.07, 6.45) is 0. The zero-order valence-corrected chi connectivity index (χ0v) is 16.4. The second-order valence-corrected chi connectivity index (χ2v) is 7.17. The minimum absolute atomic E-state index is 0.0873. The van der Waals surface area contributed by atoms with Gasteiger partial charge in [-0.1, -0.05) is 37.2 Å². The molecule has 4 rings (SSSR count). The number of para-hydroxylation sites is 1. The first kappa shape index (κ1) is 19.5. The fraction of sp³-hybridized carbons (Fsp3) is 0.182. The summed E-state index contributed by atoms with van der Waals surface area (Å²) in [6.45, 7) is 3.70. The van der Waals surface area contributed by atoms with Gasteiger partial charge in [0, 0.05) is 23.1 Å². The van der Waals surface area contributed by atoms with Gasteiger partial charge in [0.25, 0.3) is 11.4 Å². The van der Waals surface area contributed by atoms with Crippen LogP contribution in [0.5, 0.6) is 0 Å². The largest absolute Gasteiger partial charge is 0.334 e. The average Bonchev–Trinajstić information content (AvgIpc) is 3.22. The summed E-state index contributed by atoms with van der Waals surface area (Å²) in [5, 5.41) is 7.35. The van der Waals surface area contributed by atoms with Crippen LogP contribution < -0.4 is 10.9 Å². The molecule has 0 aliphatic rings. The van der Waals surface area contributed by atoms with E-state index >= 15 is 0 Å². The second-order valence-electron chi connectivity index (χ2n) is 7.17. The summed E-state index contributed by atoms with van der Waals surface area (Å²) >= 11 is 0. The normalized spacial score (nSPS) is 11.2. The highest BCUT2D eigenvalue weighted by molar-refractivity contribution is 5.95. The number of benzene rings is 2. The molecule has 1 amide bonds. The van der Waals surface area contributed by atoms with E-state index in [9.17, 15) is 14.0 Å². The zero-order chi connectivity index (χ0) is 21.3. The molecular weight excluding hydrogens is 387 g/mol. The van der Waals surface area contributed by atoms with Crippen molar-refractivity contribution in [2.75, 3.05) is 5.32 Å². The minimum Gasteiger partial charge on any atom is -0.334 e. The predicted molar refractivity (Wildman–Crippen MR) is 111 cm³/mol. The Morgan fingerprint density at radius 2 is 1.90 bits per heavy atom. The third kappa shape index (κ3) is 3.84. The van der Waals surface area contributed by atoms with Gasteiger partial charge < -0.3 is 9.84 Å². The van der Waals surface area contributed by atoms with Crippen LogP contribution in [-0.2, 0) is 11.3 Å². The SMILES string of the molecule is CC(C)c1noc(-c2cc(=O)n(CC(=O)Nc3ccc(F)cc3)c3ccccc23)n1. The fourth-order valence-electron chi connectivity index (χ4n) is 3.13. The Kier molecular flexibility index (Phi) is 5.14. The van der Waals surface area contributed by atoms with Crippen LogP contribution in [0.3, 0.4) is 0 Å². The van der Waals surface area contributed by atoms with Crippen molar-refractivity contribution in [2.24, 2.45) is 0 Å². The highest BCUT2D eigenvalue weighted by atomic mass is 19.1. The number of rotatable bonds is 5. The van der Waals surface area contributed by atoms with Crippen molar-refractivity contribution < 1.29 is 13.7 Å². The molecule has 2 heterocycles. The lowest BCUT2D eigenvalue weighted by Gasteiger charge is -2.12. The Labute approximate surface area is 171 Å². The number of anilines is 1. The van der Waals surface area contributed by atoms with E-state index in [1.54, 1.807) is 12.1 Å². The lowest BCUT2D eigenvalue weighted by Crippen LogP contribution is -2.27. The van der Waals surface area contributed by atoms with Gasteiger partial charge in [0.2, 0.25) is 5.91 Å². The molecular formula is C22H19FN4O3. The summed E-state index contributed by atoms with van der Waals surface area (Å²) in [4.78, 5) is 29.7. The van der Waals surface area contributed by atoms with Crippen molar-refractivity contribution in [1.29, 1.82) is 0 Å². The minimum atomic E-state index is -0.401. The van der Waals surface area contributed by atoms with Gasteiger partial charge in [0.05, 0.1) is 11.1 Å². The highest BCUT2D eigenvalue weighted by Crippen LogP contribution is 2.27. The molecule has 2 aromatic heterocycles. The fourth-order valence-corrected chi connectivity index (χ4v) is 3.13. The highest BCUT2D eigenvalue weighted by Gasteiger charge is 2.18. The number of carbonyl (C=O) groups excluding carboxylic acids is 1. The lowest BCUT2D eigenvalue weighted by molar-refractivity contribution is -0.116. The Balaban J connectivity index is 1.71. The first-order chi connectivity index (χ1) is 14.4. The first-order valence-corrected chi connectivity index (χ1v) is 9.44. The van der Waals surface area contributed by atoms with Crippen molar-refractivity contribution in [3.8, 4) is 11.5 Å². The molecule has 0 spiro atoms. The molecule has 0 aliphatic carbocycles. The van der Waals surface area contributed by atoms with Crippen molar-refractivity contribution in [3.63, 3.8) is 0 Å². The van der Waals surface area contributed by atoms with E-state index < -0.39 is 11.7 Å². The number of fused-ring (bicyclic) bond motifs is 1. The standard InChI is InChI=1S/C22H19FN4O3/c1-13(2)21-25-22(30-26-21)17-11-20(29)27(18-6-4-3-5-16(17)18)12-19(28)24-15-9-7-14(23)8-10-15/h3-11,13H,12H2,1-2H3,(H,24,28). The molecule has 0 saturated heterocycles. The summed E-state index contributed by atoms with van der Waals surface area (Å²) in [5.74, 6) is 0.102. The number of hydrogen-bond acceptors (Lipinski definition) is 5. The van der Waals surface area contributed by atoms with E-state index in [-0.39, 0.29) is 23.9 Å². The van der Waals surface area contributed by atoms with Gasteiger partial charge in [-0.25, -0.2) is 4.39 Å². The first-order valence-electron chi connectivity index (χ1n) is 9.44. The number of pyridine rings is 1. The average molecular weight is 406 g/mol. The lowest BCUT2D eigenvalue weighted by atomic mass is 10.1. The van der Waals surface area contributed by atoms with Crippen LogP contribution in [0.25, 0.3) is 22.4 Å². The Morgan fingerprint density at radius 1 is 1.17 bits per heavy atom. The van der Waals surface area contributed by atoms with Crippen LogP contribution in [0, 0.1) is 5.82 Å². The summed E-state index contributed by atoms with van der Waals surface area (Å²) in [7, 11) is 0. The third-order valence-electron chi connectivity index (χ3n) is 4.64. The van der Waals surface area contributed by atoms with Gasteiger partial charge in [-0.3, -0.25) is 14.2 Å². The van der Waals surface area contributed by atoms with Crippen molar-refractivity contribution in [3.05, 3.63) is 76.6 Å². The van der Waals surface area contributed by atoms with Crippen LogP contribution in [0.15, 0.2) is 63.9 Å². The Bertz CT molecular complexity index is 1280. The van der Waals surface area contributed by atoms with Gasteiger partial charge in [0.1, 0.15) is 12.4 Å². The summed E-state index contributed by atoms with van der Waals surface area (Å²) < 4.78 is 19.8. The molecule has 0 aliphatic heterocycles. The molecule has 0 unspecified atom stereocenters. The molecule has 30 heavy (non-hydrogen) atoms. The van der Waals surface area contributed by atoms with E-state index in [0.29, 0.717) is 28.0 Å². The van der Waals surface area contributed by atoms with Gasteiger partial charge in [-0.2, -0.15) is 4.98 Å². The van der Waals surface area contributed by atoms with Crippen molar-refractivity contribution >= 4 is 22.5 Å². The van der Waals surface area contributed by atoms with Gasteiger partial charge in [-0.05, 0) is 30.3 Å². The topological polar surface area (TPSA) is 90.0 Å². The van der Waals surface area contributed by atoms with E-state index in [1.807, 2.05) is 26.0 Å². The molecule has 0 atom stereocenters. The molecule has 0 bridgehead atoms. The monoisotopic (exact) mass is 406 g/mol. The van der Waals surface area contributed by atoms with E-state index in [1.165, 1.54) is 34.9 Å². The molecule has 2 aromatic carbocycles. The molecule has 4 aromatic rings. The van der Waals surface area contributed by atoms with Crippen LogP contribution in [0.2, 0.25) is 0 Å². The maximum Gasteiger partial charge on any atom is 0.258 e. The molecule has 0 radical (unpaired) electrons. The Morgan fingerprint density at radius 3 is 2.60 bits per heavy atom. The van der Waals surface area contributed by atoms with Crippen LogP contribution in [-0.4, -0.2) is 20.6 Å². The van der Waals surface area contributed by atoms with Crippen LogP contribution in [0.1, 0.15) is 25.6 Å². The van der Waals surface area contributed by atoms with Crippen molar-refractivity contribution in [1.82, 2.24) is 14.7 Å². The maximum absolute atomic E-state index is 13.0. The molecule has 1 N–H and O–H groups in total. The number of hydrogen-bond donors (Lipinski definition) is 1. The molecule has 152 valence electrons. The quantitative estimate of drug-likeness (QED) is 0.542. The van der Waals surface area contributed by atoms with Crippen LogP contribution in [0.4, 0.5) is 10.1 Å². The van der Waals surface area contributed by atoms with Crippen molar-refractivity contribution in [2.45, 2.75) is 26.3 Å².